The van der Waals surface area contributed by atoms with Crippen LogP contribution in [0.25, 0.3) is 0 Å². The number of rotatable bonds is 3. The lowest BCUT2D eigenvalue weighted by Gasteiger charge is -2.09. The van der Waals surface area contributed by atoms with Crippen molar-refractivity contribution in [2.75, 3.05) is 5.32 Å². The first-order valence-corrected chi connectivity index (χ1v) is 5.68. The van der Waals surface area contributed by atoms with Gasteiger partial charge in [-0.2, -0.15) is 0 Å². The smallest absolute Gasteiger partial charge is 0.161 e. The van der Waals surface area contributed by atoms with Crippen LogP contribution in [0.4, 0.5) is 23.2 Å². The number of hydrogen-bond acceptors (Lipinski definition) is 1. The van der Waals surface area contributed by atoms with E-state index in [-0.39, 0.29) is 17.3 Å². The Morgan fingerprint density at radius 3 is 2.32 bits per heavy atom. The van der Waals surface area contributed by atoms with Crippen molar-refractivity contribution in [1.29, 1.82) is 0 Å². The quantitative estimate of drug-likeness (QED) is 0.647. The van der Waals surface area contributed by atoms with Gasteiger partial charge in [0.2, 0.25) is 0 Å². The van der Waals surface area contributed by atoms with Gasteiger partial charge in [0.05, 0.1) is 10.7 Å². The number of anilines is 1. The molecular weight excluding hydrogens is 282 g/mol. The van der Waals surface area contributed by atoms with Gasteiger partial charge < -0.3 is 5.32 Å². The summed E-state index contributed by atoms with van der Waals surface area (Å²) in [5, 5.41) is 2.43. The fraction of sp³-hybridized carbons (Fsp3) is 0.0769. The Balaban J connectivity index is 2.19. The molecule has 19 heavy (non-hydrogen) atoms. The molecule has 0 fully saturated rings. The third-order valence-corrected chi connectivity index (χ3v) is 2.93. The lowest BCUT2D eigenvalue weighted by Crippen LogP contribution is -2.04. The van der Waals surface area contributed by atoms with Crippen molar-refractivity contribution in [3.63, 3.8) is 0 Å². The summed E-state index contributed by atoms with van der Waals surface area (Å²) in [5.74, 6) is -3.99. The summed E-state index contributed by atoms with van der Waals surface area (Å²) >= 11 is 5.71. The predicted molar refractivity (Wildman–Crippen MR) is 65.1 cm³/mol. The van der Waals surface area contributed by atoms with Crippen LogP contribution in [0.15, 0.2) is 30.3 Å². The molecule has 6 heteroatoms. The first-order valence-electron chi connectivity index (χ1n) is 5.30. The lowest BCUT2D eigenvalue weighted by molar-refractivity contribution is 0.496. The Bertz CT molecular complexity index is 616. The summed E-state index contributed by atoms with van der Waals surface area (Å²) in [6.07, 6.45) is 0. The monoisotopic (exact) mass is 289 g/mol. The Kier molecular flexibility index (Phi) is 3.95. The van der Waals surface area contributed by atoms with E-state index >= 15 is 0 Å². The van der Waals surface area contributed by atoms with Crippen LogP contribution in [0.1, 0.15) is 5.56 Å². The van der Waals surface area contributed by atoms with Gasteiger partial charge in [0.25, 0.3) is 0 Å². The predicted octanol–water partition coefficient (Wildman–Crippen LogP) is 4.51. The highest BCUT2D eigenvalue weighted by atomic mass is 35.5. The Hall–Kier alpha value is -1.75. The summed E-state index contributed by atoms with van der Waals surface area (Å²) in [6.45, 7) is -0.0153. The fourth-order valence-corrected chi connectivity index (χ4v) is 1.73. The van der Waals surface area contributed by atoms with Crippen molar-refractivity contribution >= 4 is 17.3 Å². The maximum Gasteiger partial charge on any atom is 0.161 e. The number of halogens is 5. The number of nitrogens with one attached hydrogen (secondary N) is 1. The van der Waals surface area contributed by atoms with Crippen LogP contribution in [-0.2, 0) is 6.54 Å². The van der Waals surface area contributed by atoms with E-state index in [1.807, 2.05) is 0 Å². The zero-order chi connectivity index (χ0) is 14.0. The van der Waals surface area contributed by atoms with E-state index in [9.17, 15) is 17.6 Å². The van der Waals surface area contributed by atoms with Gasteiger partial charge >= 0.3 is 0 Å². The van der Waals surface area contributed by atoms with Crippen molar-refractivity contribution in [3.05, 3.63) is 64.2 Å². The molecule has 0 radical (unpaired) electrons. The van der Waals surface area contributed by atoms with Crippen molar-refractivity contribution in [1.82, 2.24) is 0 Å². The molecule has 0 bridgehead atoms. The van der Waals surface area contributed by atoms with Gasteiger partial charge in [-0.15, -0.1) is 0 Å². The second-order valence-electron chi connectivity index (χ2n) is 3.81. The van der Waals surface area contributed by atoms with Crippen LogP contribution >= 0.6 is 11.6 Å². The minimum absolute atomic E-state index is 0.0153. The molecule has 2 aromatic carbocycles. The van der Waals surface area contributed by atoms with Crippen molar-refractivity contribution in [3.8, 4) is 0 Å². The molecule has 0 amide bonds. The van der Waals surface area contributed by atoms with Crippen molar-refractivity contribution in [2.45, 2.75) is 6.54 Å². The zero-order valence-electron chi connectivity index (χ0n) is 9.48. The summed E-state index contributed by atoms with van der Waals surface area (Å²) in [6, 6.07) is 5.29. The summed E-state index contributed by atoms with van der Waals surface area (Å²) in [5.41, 5.74) is 0.157. The molecule has 2 rings (SSSR count). The van der Waals surface area contributed by atoms with E-state index in [1.54, 1.807) is 0 Å². The second kappa shape index (κ2) is 5.48. The van der Waals surface area contributed by atoms with E-state index in [4.69, 9.17) is 11.6 Å². The lowest BCUT2D eigenvalue weighted by atomic mass is 10.2. The molecule has 0 aliphatic rings. The molecule has 0 spiro atoms. The molecule has 1 nitrogen and oxygen atoms in total. The average molecular weight is 290 g/mol. The Morgan fingerprint density at radius 2 is 1.58 bits per heavy atom. The molecule has 0 unspecified atom stereocenters. The topological polar surface area (TPSA) is 12.0 Å². The van der Waals surface area contributed by atoms with Crippen LogP contribution in [-0.4, -0.2) is 0 Å². The normalized spacial score (nSPS) is 10.6. The highest BCUT2D eigenvalue weighted by Gasteiger charge is 2.11. The first-order chi connectivity index (χ1) is 8.99. The largest absolute Gasteiger partial charge is 0.378 e. The van der Waals surface area contributed by atoms with Crippen LogP contribution < -0.4 is 5.32 Å². The molecule has 0 aliphatic carbocycles. The van der Waals surface area contributed by atoms with Crippen LogP contribution in [0, 0.1) is 23.3 Å². The van der Waals surface area contributed by atoms with Gasteiger partial charge in [-0.05, 0) is 11.6 Å². The first kappa shape index (κ1) is 13.7. The molecule has 0 aliphatic heterocycles. The SMILES string of the molecule is Fc1cc(F)c(NCc2cccc(F)c2Cl)cc1F. The van der Waals surface area contributed by atoms with Crippen LogP contribution in [0.2, 0.25) is 5.02 Å². The third-order valence-electron chi connectivity index (χ3n) is 2.51. The van der Waals surface area contributed by atoms with Gasteiger partial charge in [-0.3, -0.25) is 0 Å². The van der Waals surface area contributed by atoms with E-state index in [0.29, 0.717) is 17.7 Å². The maximum absolute atomic E-state index is 13.3. The Labute approximate surface area is 111 Å². The van der Waals surface area contributed by atoms with Crippen molar-refractivity contribution < 1.29 is 17.6 Å². The summed E-state index contributed by atoms with van der Waals surface area (Å²) in [4.78, 5) is 0. The third kappa shape index (κ3) is 2.98. The Morgan fingerprint density at radius 1 is 0.895 bits per heavy atom. The van der Waals surface area contributed by atoms with Gasteiger partial charge in [0.15, 0.2) is 11.6 Å². The minimum atomic E-state index is -1.27. The van der Waals surface area contributed by atoms with Gasteiger partial charge in [-0.1, -0.05) is 23.7 Å². The van der Waals surface area contributed by atoms with Gasteiger partial charge in [-0.25, -0.2) is 17.6 Å². The summed E-state index contributed by atoms with van der Waals surface area (Å²) < 4.78 is 52.2. The van der Waals surface area contributed by atoms with E-state index in [2.05, 4.69) is 5.32 Å². The molecule has 2 aromatic rings. The minimum Gasteiger partial charge on any atom is -0.378 e. The second-order valence-corrected chi connectivity index (χ2v) is 4.19. The average Bonchev–Trinajstić information content (AvgIpc) is 2.37. The molecular formula is C13H8ClF4N. The molecule has 0 saturated carbocycles. The van der Waals surface area contributed by atoms with E-state index in [0.717, 1.165) is 0 Å². The molecule has 1 N–H and O–H groups in total. The highest BCUT2D eigenvalue weighted by molar-refractivity contribution is 6.31. The number of benzene rings is 2. The molecule has 0 heterocycles. The number of hydrogen-bond donors (Lipinski definition) is 1. The van der Waals surface area contributed by atoms with Gasteiger partial charge in [0, 0.05) is 18.7 Å². The van der Waals surface area contributed by atoms with Gasteiger partial charge in [0.1, 0.15) is 11.6 Å². The zero-order valence-corrected chi connectivity index (χ0v) is 10.2. The summed E-state index contributed by atoms with van der Waals surface area (Å²) in [7, 11) is 0. The fourth-order valence-electron chi connectivity index (χ4n) is 1.53. The highest BCUT2D eigenvalue weighted by Crippen LogP contribution is 2.23. The van der Waals surface area contributed by atoms with E-state index < -0.39 is 23.3 Å². The molecule has 0 aromatic heterocycles. The van der Waals surface area contributed by atoms with Crippen molar-refractivity contribution in [2.24, 2.45) is 0 Å². The standard InChI is InChI=1S/C13H8ClF4N/c14-13-7(2-1-3-8(13)15)6-19-12-5-10(17)9(16)4-11(12)18/h1-5,19H,6H2. The van der Waals surface area contributed by atoms with E-state index in [1.165, 1.54) is 18.2 Å². The molecule has 100 valence electrons. The molecule has 0 atom stereocenters. The van der Waals surface area contributed by atoms with Crippen LogP contribution in [0.3, 0.4) is 0 Å². The van der Waals surface area contributed by atoms with Crippen LogP contribution in [0.5, 0.6) is 0 Å². The molecule has 0 saturated heterocycles. The maximum atomic E-state index is 13.3.